The highest BCUT2D eigenvalue weighted by Gasteiger charge is 2.33. The van der Waals surface area contributed by atoms with Gasteiger partial charge in [-0.15, -0.1) is 0 Å². The third kappa shape index (κ3) is 3.30. The topological polar surface area (TPSA) is 50.2 Å². The number of amides is 2. The van der Waals surface area contributed by atoms with Crippen LogP contribution in [0.1, 0.15) is 26.7 Å². The molecule has 116 valence electrons. The molecule has 1 fully saturated rings. The summed E-state index contributed by atoms with van der Waals surface area (Å²) in [6.07, 6.45) is 5.83. The van der Waals surface area contributed by atoms with Gasteiger partial charge in [-0.25, -0.2) is 9.48 Å². The molecular formula is C17H22N4O. The molecular weight excluding hydrogens is 276 g/mol. The molecule has 5 heteroatoms. The zero-order valence-corrected chi connectivity index (χ0v) is 13.1. The van der Waals surface area contributed by atoms with Gasteiger partial charge in [-0.2, -0.15) is 5.10 Å². The second-order valence-corrected chi connectivity index (χ2v) is 6.18. The lowest BCUT2D eigenvalue weighted by Crippen LogP contribution is -2.39. The summed E-state index contributed by atoms with van der Waals surface area (Å²) in [7, 11) is 0. The van der Waals surface area contributed by atoms with Crippen LogP contribution in [0.25, 0.3) is 5.69 Å². The van der Waals surface area contributed by atoms with E-state index in [0.29, 0.717) is 12.0 Å². The maximum Gasteiger partial charge on any atom is 0.322 e. The highest BCUT2D eigenvalue weighted by Crippen LogP contribution is 2.29. The van der Waals surface area contributed by atoms with Crippen LogP contribution in [0.2, 0.25) is 0 Å². The van der Waals surface area contributed by atoms with Crippen molar-refractivity contribution >= 4 is 11.7 Å². The number of aromatic nitrogens is 2. The number of carbonyl (C=O) groups is 1. The molecule has 1 aromatic heterocycles. The summed E-state index contributed by atoms with van der Waals surface area (Å²) in [5.41, 5.74) is 1.66. The van der Waals surface area contributed by atoms with Crippen molar-refractivity contribution in [1.29, 1.82) is 0 Å². The molecule has 5 nitrogen and oxygen atoms in total. The molecule has 1 N–H and O–H groups in total. The highest BCUT2D eigenvalue weighted by molar-refractivity contribution is 5.92. The quantitative estimate of drug-likeness (QED) is 0.918. The van der Waals surface area contributed by atoms with Crippen molar-refractivity contribution in [2.45, 2.75) is 32.7 Å². The van der Waals surface area contributed by atoms with E-state index in [-0.39, 0.29) is 6.03 Å². The fourth-order valence-electron chi connectivity index (χ4n) is 2.55. The Hall–Kier alpha value is -2.30. The van der Waals surface area contributed by atoms with Crippen LogP contribution >= 0.6 is 0 Å². The van der Waals surface area contributed by atoms with Gasteiger partial charge in [-0.3, -0.25) is 0 Å². The minimum Gasteiger partial charge on any atom is -0.321 e. The molecule has 0 aliphatic heterocycles. The number of nitrogens with zero attached hydrogens (tertiary/aromatic N) is 3. The monoisotopic (exact) mass is 298 g/mol. The van der Waals surface area contributed by atoms with E-state index >= 15 is 0 Å². The highest BCUT2D eigenvalue weighted by atomic mass is 16.2. The SMILES string of the molecule is CC(C)CN(C(=O)Nc1ccccc1-n1cccn1)C1CC1. The van der Waals surface area contributed by atoms with Crippen LogP contribution in [-0.4, -0.2) is 33.3 Å². The first kappa shape index (κ1) is 14.6. The lowest BCUT2D eigenvalue weighted by atomic mass is 10.2. The van der Waals surface area contributed by atoms with E-state index in [1.54, 1.807) is 10.9 Å². The molecule has 1 aromatic carbocycles. The Balaban J connectivity index is 1.79. The van der Waals surface area contributed by atoms with Crippen molar-refractivity contribution in [1.82, 2.24) is 14.7 Å². The second-order valence-electron chi connectivity index (χ2n) is 6.18. The number of hydrogen-bond acceptors (Lipinski definition) is 2. The molecule has 1 aliphatic rings. The normalized spacial score (nSPS) is 14.1. The van der Waals surface area contributed by atoms with Gasteiger partial charge in [0, 0.05) is 25.0 Å². The summed E-state index contributed by atoms with van der Waals surface area (Å²) in [6, 6.07) is 9.98. The predicted molar refractivity (Wildman–Crippen MR) is 87.1 cm³/mol. The number of carbonyl (C=O) groups excluding carboxylic acids is 1. The van der Waals surface area contributed by atoms with E-state index in [2.05, 4.69) is 24.3 Å². The minimum atomic E-state index is -0.0178. The van der Waals surface area contributed by atoms with Gasteiger partial charge in [0.25, 0.3) is 0 Å². The van der Waals surface area contributed by atoms with Crippen LogP contribution in [0.15, 0.2) is 42.7 Å². The first-order valence-corrected chi connectivity index (χ1v) is 7.82. The average molecular weight is 298 g/mol. The zero-order valence-electron chi connectivity index (χ0n) is 13.1. The number of hydrogen-bond donors (Lipinski definition) is 1. The Kier molecular flexibility index (Phi) is 4.13. The Bertz CT molecular complexity index is 632. The first-order chi connectivity index (χ1) is 10.6. The first-order valence-electron chi connectivity index (χ1n) is 7.82. The maximum atomic E-state index is 12.6. The number of anilines is 1. The van der Waals surface area contributed by atoms with Gasteiger partial charge in [0.15, 0.2) is 0 Å². The molecule has 2 amide bonds. The van der Waals surface area contributed by atoms with Crippen molar-refractivity contribution in [3.8, 4) is 5.69 Å². The van der Waals surface area contributed by atoms with E-state index in [4.69, 9.17) is 0 Å². The van der Waals surface area contributed by atoms with Crippen molar-refractivity contribution < 1.29 is 4.79 Å². The van der Waals surface area contributed by atoms with Crippen LogP contribution in [0, 0.1) is 5.92 Å². The predicted octanol–water partition coefficient (Wildman–Crippen LogP) is 3.52. The lowest BCUT2D eigenvalue weighted by molar-refractivity contribution is 0.201. The fraction of sp³-hybridized carbons (Fsp3) is 0.412. The molecule has 22 heavy (non-hydrogen) atoms. The fourth-order valence-corrected chi connectivity index (χ4v) is 2.55. The van der Waals surface area contributed by atoms with Crippen LogP contribution in [0.3, 0.4) is 0 Å². The van der Waals surface area contributed by atoms with Crippen molar-refractivity contribution in [2.24, 2.45) is 5.92 Å². The Morgan fingerprint density at radius 1 is 1.36 bits per heavy atom. The smallest absolute Gasteiger partial charge is 0.321 e. The number of benzene rings is 1. The van der Waals surface area contributed by atoms with Crippen LogP contribution in [0.5, 0.6) is 0 Å². The Morgan fingerprint density at radius 3 is 2.77 bits per heavy atom. The molecule has 0 radical (unpaired) electrons. The van der Waals surface area contributed by atoms with Crippen LogP contribution < -0.4 is 5.32 Å². The standard InChI is InChI=1S/C17H22N4O/c1-13(2)12-20(14-8-9-14)17(22)19-15-6-3-4-7-16(15)21-11-5-10-18-21/h3-7,10-11,13-14H,8-9,12H2,1-2H3,(H,19,22). The lowest BCUT2D eigenvalue weighted by Gasteiger charge is -2.25. The molecule has 0 unspecified atom stereocenters. The third-order valence-electron chi connectivity index (χ3n) is 3.71. The average Bonchev–Trinajstić information content (AvgIpc) is 3.19. The summed E-state index contributed by atoms with van der Waals surface area (Å²) in [5, 5.41) is 7.30. The molecule has 2 aromatic rings. The maximum absolute atomic E-state index is 12.6. The molecule has 3 rings (SSSR count). The summed E-state index contributed by atoms with van der Waals surface area (Å²) in [6.45, 7) is 5.07. The van der Waals surface area contributed by atoms with E-state index < -0.39 is 0 Å². The number of rotatable bonds is 5. The van der Waals surface area contributed by atoms with E-state index in [9.17, 15) is 4.79 Å². The molecule has 1 saturated carbocycles. The summed E-state index contributed by atoms with van der Waals surface area (Å²) in [5.74, 6) is 0.465. The Labute approximate surface area is 130 Å². The number of urea groups is 1. The molecule has 0 saturated heterocycles. The van der Waals surface area contributed by atoms with Gasteiger partial charge in [0.1, 0.15) is 0 Å². The summed E-state index contributed by atoms with van der Waals surface area (Å²) in [4.78, 5) is 14.6. The van der Waals surface area contributed by atoms with Crippen molar-refractivity contribution in [3.05, 3.63) is 42.7 Å². The third-order valence-corrected chi connectivity index (χ3v) is 3.71. The molecule has 1 heterocycles. The van der Waals surface area contributed by atoms with E-state index in [1.807, 2.05) is 41.4 Å². The van der Waals surface area contributed by atoms with Crippen LogP contribution in [0.4, 0.5) is 10.5 Å². The van der Waals surface area contributed by atoms with Gasteiger partial charge in [-0.05, 0) is 37.0 Å². The number of para-hydroxylation sites is 2. The van der Waals surface area contributed by atoms with Gasteiger partial charge >= 0.3 is 6.03 Å². The van der Waals surface area contributed by atoms with Gasteiger partial charge in [0.05, 0.1) is 11.4 Å². The second kappa shape index (κ2) is 6.22. The van der Waals surface area contributed by atoms with Gasteiger partial charge in [-0.1, -0.05) is 26.0 Å². The minimum absolute atomic E-state index is 0.0178. The molecule has 0 bridgehead atoms. The number of nitrogens with one attached hydrogen (secondary N) is 1. The molecule has 0 atom stereocenters. The van der Waals surface area contributed by atoms with Crippen molar-refractivity contribution in [2.75, 3.05) is 11.9 Å². The zero-order chi connectivity index (χ0) is 15.5. The summed E-state index contributed by atoms with van der Waals surface area (Å²) >= 11 is 0. The van der Waals surface area contributed by atoms with E-state index in [0.717, 1.165) is 30.8 Å². The van der Waals surface area contributed by atoms with Crippen LogP contribution in [-0.2, 0) is 0 Å². The van der Waals surface area contributed by atoms with E-state index in [1.165, 1.54) is 0 Å². The Morgan fingerprint density at radius 2 is 2.14 bits per heavy atom. The largest absolute Gasteiger partial charge is 0.322 e. The molecule has 0 spiro atoms. The summed E-state index contributed by atoms with van der Waals surface area (Å²) < 4.78 is 1.76. The van der Waals surface area contributed by atoms with Crippen molar-refractivity contribution in [3.63, 3.8) is 0 Å². The molecule has 1 aliphatic carbocycles. The van der Waals surface area contributed by atoms with Gasteiger partial charge in [0.2, 0.25) is 0 Å². The van der Waals surface area contributed by atoms with Gasteiger partial charge < -0.3 is 10.2 Å².